The van der Waals surface area contributed by atoms with E-state index in [0.29, 0.717) is 12.6 Å². The van der Waals surface area contributed by atoms with Crippen LogP contribution in [0.3, 0.4) is 0 Å². The standard InChI is InChI=1S/C27H23ClN4OS/c28-22-9-2-1-5-18(22)14-30-20-10-11-21-23(13-20)34-26-24(21)27(33)32(16-31-26)15-19-7-3-6-17-8-4-12-29-25(17)19/h1-9,12,16,20,30H,10-11,13-15H2. The maximum Gasteiger partial charge on any atom is 0.262 e. The van der Waals surface area contributed by atoms with E-state index >= 15 is 0 Å². The summed E-state index contributed by atoms with van der Waals surface area (Å²) >= 11 is 7.97. The lowest BCUT2D eigenvalue weighted by molar-refractivity contribution is 0.463. The van der Waals surface area contributed by atoms with Crippen LogP contribution in [0, 0.1) is 0 Å². The number of pyridine rings is 1. The molecule has 3 aromatic heterocycles. The SMILES string of the molecule is O=c1c2c3c(sc2ncn1Cc1cccc2cccnc12)CC(NCc1ccccc1Cl)CC3. The van der Waals surface area contributed by atoms with E-state index < -0.39 is 0 Å². The first-order valence-corrected chi connectivity index (χ1v) is 12.7. The molecule has 0 aliphatic heterocycles. The van der Waals surface area contributed by atoms with E-state index in [2.05, 4.69) is 21.4 Å². The van der Waals surface area contributed by atoms with Crippen LogP contribution in [-0.2, 0) is 25.9 Å². The van der Waals surface area contributed by atoms with Crippen molar-refractivity contribution < 1.29 is 0 Å². The van der Waals surface area contributed by atoms with Crippen molar-refractivity contribution in [3.8, 4) is 0 Å². The molecule has 1 atom stereocenters. The molecule has 0 amide bonds. The van der Waals surface area contributed by atoms with E-state index in [-0.39, 0.29) is 5.56 Å². The molecule has 0 bridgehead atoms. The second-order valence-electron chi connectivity index (χ2n) is 8.77. The Balaban J connectivity index is 1.27. The minimum absolute atomic E-state index is 0.0397. The number of para-hydroxylation sites is 1. The zero-order valence-corrected chi connectivity index (χ0v) is 20.1. The molecule has 7 heteroatoms. The number of hydrogen-bond acceptors (Lipinski definition) is 5. The maximum atomic E-state index is 13.5. The molecule has 34 heavy (non-hydrogen) atoms. The van der Waals surface area contributed by atoms with E-state index in [1.165, 1.54) is 10.4 Å². The van der Waals surface area contributed by atoms with Gasteiger partial charge >= 0.3 is 0 Å². The lowest BCUT2D eigenvalue weighted by Crippen LogP contribution is -2.34. The third-order valence-corrected chi connectivity index (χ3v) is 8.16. The van der Waals surface area contributed by atoms with Crippen molar-refractivity contribution in [3.63, 3.8) is 0 Å². The second-order valence-corrected chi connectivity index (χ2v) is 10.3. The van der Waals surface area contributed by atoms with Gasteiger partial charge in [-0.2, -0.15) is 0 Å². The van der Waals surface area contributed by atoms with Gasteiger partial charge in [-0.15, -0.1) is 11.3 Å². The Kier molecular flexibility index (Phi) is 5.65. The van der Waals surface area contributed by atoms with Crippen LogP contribution < -0.4 is 10.9 Å². The molecule has 1 unspecified atom stereocenters. The first kappa shape index (κ1) is 21.5. The Morgan fingerprint density at radius 2 is 1.91 bits per heavy atom. The molecule has 5 nitrogen and oxygen atoms in total. The van der Waals surface area contributed by atoms with Crippen molar-refractivity contribution in [3.05, 3.63) is 104 Å². The quantitative estimate of drug-likeness (QED) is 0.363. The average molecular weight is 487 g/mol. The van der Waals surface area contributed by atoms with Crippen molar-refractivity contribution in [2.45, 2.75) is 38.4 Å². The maximum absolute atomic E-state index is 13.5. The van der Waals surface area contributed by atoms with E-state index in [9.17, 15) is 4.79 Å². The van der Waals surface area contributed by atoms with E-state index in [0.717, 1.165) is 63.1 Å². The van der Waals surface area contributed by atoms with Crippen LogP contribution in [0.15, 0.2) is 71.9 Å². The molecule has 0 saturated carbocycles. The predicted molar refractivity (Wildman–Crippen MR) is 139 cm³/mol. The van der Waals surface area contributed by atoms with Gasteiger partial charge in [0.25, 0.3) is 5.56 Å². The summed E-state index contributed by atoms with van der Waals surface area (Å²) in [6.45, 7) is 1.21. The molecule has 0 fully saturated rings. The summed E-state index contributed by atoms with van der Waals surface area (Å²) in [6.07, 6.45) is 6.26. The van der Waals surface area contributed by atoms with Gasteiger partial charge in [0.2, 0.25) is 0 Å². The molecule has 1 aliphatic carbocycles. The number of benzene rings is 2. The summed E-state index contributed by atoms with van der Waals surface area (Å²) in [5.41, 5.74) is 4.28. The third-order valence-electron chi connectivity index (χ3n) is 6.63. The summed E-state index contributed by atoms with van der Waals surface area (Å²) in [4.78, 5) is 24.8. The number of rotatable bonds is 5. The van der Waals surface area contributed by atoms with Gasteiger partial charge in [0.1, 0.15) is 4.83 Å². The summed E-state index contributed by atoms with van der Waals surface area (Å²) in [5, 5.41) is 6.31. The molecule has 1 aliphatic rings. The Morgan fingerprint density at radius 3 is 2.82 bits per heavy atom. The van der Waals surface area contributed by atoms with E-state index in [1.54, 1.807) is 28.4 Å². The fourth-order valence-electron chi connectivity index (χ4n) is 4.86. The number of thiophene rings is 1. The smallest absolute Gasteiger partial charge is 0.262 e. The molecule has 1 N–H and O–H groups in total. The molecule has 0 radical (unpaired) electrons. The third kappa shape index (κ3) is 3.92. The number of hydrogen-bond donors (Lipinski definition) is 1. The van der Waals surface area contributed by atoms with Gasteiger partial charge in [0.15, 0.2) is 0 Å². The molecular weight excluding hydrogens is 464 g/mol. The van der Waals surface area contributed by atoms with Crippen LogP contribution in [0.2, 0.25) is 5.02 Å². The molecular formula is C27H23ClN4OS. The van der Waals surface area contributed by atoms with Crippen LogP contribution in [0.5, 0.6) is 0 Å². The van der Waals surface area contributed by atoms with Crippen molar-refractivity contribution in [2.75, 3.05) is 0 Å². The van der Waals surface area contributed by atoms with E-state index in [1.807, 2.05) is 48.5 Å². The van der Waals surface area contributed by atoms with Crippen molar-refractivity contribution in [1.29, 1.82) is 0 Å². The zero-order valence-electron chi connectivity index (χ0n) is 18.5. The highest BCUT2D eigenvalue weighted by molar-refractivity contribution is 7.18. The molecule has 5 aromatic rings. The number of aromatic nitrogens is 3. The first-order chi connectivity index (χ1) is 16.7. The summed E-state index contributed by atoms with van der Waals surface area (Å²) in [6, 6.07) is 18.4. The van der Waals surface area contributed by atoms with Gasteiger partial charge in [-0.3, -0.25) is 14.3 Å². The number of halogens is 1. The van der Waals surface area contributed by atoms with Gasteiger partial charge in [0, 0.05) is 34.1 Å². The van der Waals surface area contributed by atoms with Gasteiger partial charge in [0.05, 0.1) is 23.8 Å². The largest absolute Gasteiger partial charge is 0.309 e. The van der Waals surface area contributed by atoms with Crippen LogP contribution in [0.25, 0.3) is 21.1 Å². The molecule has 0 saturated heterocycles. The highest BCUT2D eigenvalue weighted by Gasteiger charge is 2.25. The first-order valence-electron chi connectivity index (χ1n) is 11.5. The van der Waals surface area contributed by atoms with Gasteiger partial charge < -0.3 is 5.32 Å². The Morgan fingerprint density at radius 1 is 1.06 bits per heavy atom. The molecule has 170 valence electrons. The summed E-state index contributed by atoms with van der Waals surface area (Å²) in [5.74, 6) is 0. The lowest BCUT2D eigenvalue weighted by Gasteiger charge is -2.23. The Labute approximate surface area is 206 Å². The van der Waals surface area contributed by atoms with Gasteiger partial charge in [-0.05, 0) is 48.1 Å². The normalized spacial score (nSPS) is 15.6. The zero-order chi connectivity index (χ0) is 23.1. The van der Waals surface area contributed by atoms with E-state index in [4.69, 9.17) is 11.6 Å². The fourth-order valence-corrected chi connectivity index (χ4v) is 6.32. The fraction of sp³-hybridized carbons (Fsp3) is 0.222. The number of nitrogens with one attached hydrogen (secondary N) is 1. The Bertz CT molecular complexity index is 1570. The second kappa shape index (κ2) is 8.95. The molecule has 6 rings (SSSR count). The summed E-state index contributed by atoms with van der Waals surface area (Å²) in [7, 11) is 0. The van der Waals surface area contributed by atoms with Gasteiger partial charge in [-0.25, -0.2) is 4.98 Å². The monoisotopic (exact) mass is 486 g/mol. The molecule has 0 spiro atoms. The van der Waals surface area contributed by atoms with Crippen LogP contribution in [0.4, 0.5) is 0 Å². The molecule has 2 aromatic carbocycles. The van der Waals surface area contributed by atoms with Crippen LogP contribution >= 0.6 is 22.9 Å². The minimum Gasteiger partial charge on any atom is -0.309 e. The lowest BCUT2D eigenvalue weighted by atomic mass is 9.93. The Hall–Kier alpha value is -3.06. The number of nitrogens with zero attached hydrogens (tertiary/aromatic N) is 3. The highest BCUT2D eigenvalue weighted by Crippen LogP contribution is 2.34. The summed E-state index contributed by atoms with van der Waals surface area (Å²) < 4.78 is 1.72. The number of fused-ring (bicyclic) bond motifs is 4. The predicted octanol–water partition coefficient (Wildman–Crippen LogP) is 5.36. The van der Waals surface area contributed by atoms with Crippen molar-refractivity contribution >= 4 is 44.1 Å². The van der Waals surface area contributed by atoms with Crippen molar-refractivity contribution in [2.24, 2.45) is 0 Å². The number of aryl methyl sites for hydroxylation is 1. The molecule has 3 heterocycles. The topological polar surface area (TPSA) is 59.8 Å². The van der Waals surface area contributed by atoms with Crippen LogP contribution in [0.1, 0.15) is 28.0 Å². The average Bonchev–Trinajstić information content (AvgIpc) is 3.24. The van der Waals surface area contributed by atoms with Gasteiger partial charge in [-0.1, -0.05) is 54.1 Å². The van der Waals surface area contributed by atoms with Crippen molar-refractivity contribution in [1.82, 2.24) is 19.9 Å². The minimum atomic E-state index is 0.0397. The van der Waals surface area contributed by atoms with Crippen LogP contribution in [-0.4, -0.2) is 20.6 Å². The highest BCUT2D eigenvalue weighted by atomic mass is 35.5.